The molecule has 1 fully saturated rings. The van der Waals surface area contributed by atoms with Crippen LogP contribution in [0.3, 0.4) is 0 Å². The quantitative estimate of drug-likeness (QED) is 0.662. The molecule has 3 rings (SSSR count). The number of benzene rings is 1. The summed E-state index contributed by atoms with van der Waals surface area (Å²) >= 11 is 1.47. The van der Waals surface area contributed by atoms with E-state index in [2.05, 4.69) is 10.6 Å². The SMILES string of the molecule is Cc1ccc(S(=O)(=O)N2CCCO[C@@H]2CNC(=O)C(=O)NCc2cccs2)cc1. The molecule has 1 saturated heterocycles. The molecule has 1 aromatic carbocycles. The van der Waals surface area contributed by atoms with Gasteiger partial charge in [-0.3, -0.25) is 9.59 Å². The maximum Gasteiger partial charge on any atom is 0.309 e. The maximum absolute atomic E-state index is 13.0. The number of hydrogen-bond donors (Lipinski definition) is 2. The number of nitrogens with one attached hydrogen (secondary N) is 2. The van der Waals surface area contributed by atoms with Gasteiger partial charge in [-0.15, -0.1) is 11.3 Å². The molecule has 1 aliphatic rings. The van der Waals surface area contributed by atoms with Gasteiger partial charge in [0.1, 0.15) is 6.23 Å². The highest BCUT2D eigenvalue weighted by Gasteiger charge is 2.34. The highest BCUT2D eigenvalue weighted by molar-refractivity contribution is 7.89. The summed E-state index contributed by atoms with van der Waals surface area (Å²) in [5.41, 5.74) is 0.955. The van der Waals surface area contributed by atoms with Crippen molar-refractivity contribution in [2.75, 3.05) is 19.7 Å². The highest BCUT2D eigenvalue weighted by Crippen LogP contribution is 2.22. The smallest absolute Gasteiger partial charge is 0.309 e. The van der Waals surface area contributed by atoms with E-state index in [1.165, 1.54) is 15.6 Å². The summed E-state index contributed by atoms with van der Waals surface area (Å²) in [5, 5.41) is 6.88. The molecule has 0 saturated carbocycles. The zero-order valence-electron chi connectivity index (χ0n) is 16.0. The first-order chi connectivity index (χ1) is 13.9. The second-order valence-corrected chi connectivity index (χ2v) is 9.50. The van der Waals surface area contributed by atoms with Crippen molar-refractivity contribution >= 4 is 33.2 Å². The molecule has 29 heavy (non-hydrogen) atoms. The van der Waals surface area contributed by atoms with Gasteiger partial charge in [0, 0.05) is 11.4 Å². The Labute approximate surface area is 173 Å². The van der Waals surface area contributed by atoms with E-state index in [0.29, 0.717) is 13.0 Å². The van der Waals surface area contributed by atoms with Gasteiger partial charge < -0.3 is 15.4 Å². The molecule has 2 N–H and O–H groups in total. The molecule has 0 aliphatic carbocycles. The molecule has 1 aliphatic heterocycles. The van der Waals surface area contributed by atoms with E-state index in [0.717, 1.165) is 10.4 Å². The van der Waals surface area contributed by atoms with Crippen LogP contribution in [0.25, 0.3) is 0 Å². The number of carbonyl (C=O) groups is 2. The van der Waals surface area contributed by atoms with Crippen LogP contribution in [-0.4, -0.2) is 50.5 Å². The van der Waals surface area contributed by atoms with Gasteiger partial charge in [-0.25, -0.2) is 8.42 Å². The highest BCUT2D eigenvalue weighted by atomic mass is 32.2. The standard InChI is InChI=1S/C19H23N3O5S2/c1-14-5-7-16(8-6-14)29(25,26)22-9-3-10-27-17(22)13-21-19(24)18(23)20-12-15-4-2-11-28-15/h2,4-8,11,17H,3,9-10,12-13H2,1H3,(H,20,23)(H,21,24)/t17-/m1/s1. The number of sulfonamides is 1. The lowest BCUT2D eigenvalue weighted by atomic mass is 10.2. The summed E-state index contributed by atoms with van der Waals surface area (Å²) in [6, 6.07) is 10.3. The third-order valence-electron chi connectivity index (χ3n) is 4.43. The van der Waals surface area contributed by atoms with Crippen molar-refractivity contribution in [2.45, 2.75) is 31.0 Å². The monoisotopic (exact) mass is 437 g/mol. The summed E-state index contributed by atoms with van der Waals surface area (Å²) in [5.74, 6) is -1.61. The van der Waals surface area contributed by atoms with Crippen molar-refractivity contribution in [3.63, 3.8) is 0 Å². The molecular formula is C19H23N3O5S2. The second kappa shape index (κ2) is 9.49. The second-order valence-electron chi connectivity index (χ2n) is 6.58. The predicted molar refractivity (Wildman–Crippen MR) is 109 cm³/mol. The van der Waals surface area contributed by atoms with Crippen LogP contribution in [0.4, 0.5) is 0 Å². The summed E-state index contributed by atoms with van der Waals surface area (Å²) in [7, 11) is -3.78. The van der Waals surface area contributed by atoms with E-state index in [-0.39, 0.29) is 24.5 Å². The number of carbonyl (C=O) groups excluding carboxylic acids is 2. The van der Waals surface area contributed by atoms with Crippen molar-refractivity contribution in [2.24, 2.45) is 0 Å². The van der Waals surface area contributed by atoms with Gasteiger partial charge in [0.15, 0.2) is 0 Å². The fraction of sp³-hybridized carbons (Fsp3) is 0.368. The molecule has 1 atom stereocenters. The van der Waals surface area contributed by atoms with Gasteiger partial charge in [0.05, 0.1) is 24.6 Å². The van der Waals surface area contributed by atoms with Gasteiger partial charge in [-0.05, 0) is 36.9 Å². The zero-order valence-corrected chi connectivity index (χ0v) is 17.6. The fourth-order valence-electron chi connectivity index (χ4n) is 2.87. The number of rotatable bonds is 6. The molecule has 2 heterocycles. The van der Waals surface area contributed by atoms with E-state index < -0.39 is 28.1 Å². The number of amides is 2. The van der Waals surface area contributed by atoms with Gasteiger partial charge in [-0.2, -0.15) is 4.31 Å². The van der Waals surface area contributed by atoms with Crippen LogP contribution in [0, 0.1) is 6.92 Å². The lowest BCUT2D eigenvalue weighted by Gasteiger charge is -2.34. The minimum atomic E-state index is -3.78. The number of aryl methyl sites for hydroxylation is 1. The lowest BCUT2D eigenvalue weighted by Crippen LogP contribution is -2.53. The number of ether oxygens (including phenoxy) is 1. The Morgan fingerprint density at radius 1 is 1.17 bits per heavy atom. The van der Waals surface area contributed by atoms with Crippen LogP contribution < -0.4 is 10.6 Å². The van der Waals surface area contributed by atoms with Crippen LogP contribution in [0.2, 0.25) is 0 Å². The fourth-order valence-corrected chi connectivity index (χ4v) is 5.08. The molecule has 8 nitrogen and oxygen atoms in total. The average Bonchev–Trinajstić information content (AvgIpc) is 3.24. The Morgan fingerprint density at radius 2 is 1.90 bits per heavy atom. The maximum atomic E-state index is 13.0. The molecule has 0 bridgehead atoms. The summed E-state index contributed by atoms with van der Waals surface area (Å²) in [6.07, 6.45) is -0.319. The van der Waals surface area contributed by atoms with E-state index in [1.54, 1.807) is 24.3 Å². The van der Waals surface area contributed by atoms with Crippen LogP contribution >= 0.6 is 11.3 Å². The minimum absolute atomic E-state index is 0.115. The van der Waals surface area contributed by atoms with Crippen molar-refractivity contribution in [3.8, 4) is 0 Å². The van der Waals surface area contributed by atoms with Gasteiger partial charge >= 0.3 is 11.8 Å². The molecule has 2 aromatic rings. The number of hydrogen-bond acceptors (Lipinski definition) is 6. The van der Waals surface area contributed by atoms with Gasteiger partial charge in [-0.1, -0.05) is 23.8 Å². The third-order valence-corrected chi connectivity index (χ3v) is 7.21. The van der Waals surface area contributed by atoms with E-state index in [4.69, 9.17) is 4.74 Å². The number of nitrogens with zero attached hydrogens (tertiary/aromatic N) is 1. The van der Waals surface area contributed by atoms with Gasteiger partial charge in [0.25, 0.3) is 0 Å². The topological polar surface area (TPSA) is 105 Å². The molecule has 1 aromatic heterocycles. The Morgan fingerprint density at radius 3 is 2.59 bits per heavy atom. The van der Waals surface area contributed by atoms with Crippen molar-refractivity contribution in [1.82, 2.24) is 14.9 Å². The van der Waals surface area contributed by atoms with Crippen LogP contribution in [0.15, 0.2) is 46.7 Å². The zero-order chi connectivity index (χ0) is 20.9. The van der Waals surface area contributed by atoms with E-state index >= 15 is 0 Å². The minimum Gasteiger partial charge on any atom is -0.360 e. The first kappa shape index (κ1) is 21.4. The molecule has 2 amide bonds. The first-order valence-corrected chi connectivity index (χ1v) is 11.5. The molecule has 10 heteroatoms. The normalized spacial score (nSPS) is 17.6. The molecule has 156 valence electrons. The Balaban J connectivity index is 1.60. The van der Waals surface area contributed by atoms with Crippen molar-refractivity contribution in [1.29, 1.82) is 0 Å². The van der Waals surface area contributed by atoms with Crippen LogP contribution in [0.1, 0.15) is 16.9 Å². The third kappa shape index (κ3) is 5.41. The average molecular weight is 438 g/mol. The summed E-state index contributed by atoms with van der Waals surface area (Å²) in [6.45, 7) is 2.68. The summed E-state index contributed by atoms with van der Waals surface area (Å²) in [4.78, 5) is 25.1. The molecule has 0 spiro atoms. The Kier molecular flexibility index (Phi) is 7.01. The van der Waals surface area contributed by atoms with Crippen molar-refractivity contribution < 1.29 is 22.7 Å². The lowest BCUT2D eigenvalue weighted by molar-refractivity contribution is -0.140. The largest absolute Gasteiger partial charge is 0.360 e. The predicted octanol–water partition coefficient (Wildman–Crippen LogP) is 1.23. The molecule has 0 radical (unpaired) electrons. The molecular weight excluding hydrogens is 414 g/mol. The van der Waals surface area contributed by atoms with E-state index in [1.807, 2.05) is 24.4 Å². The summed E-state index contributed by atoms with van der Waals surface area (Å²) < 4.78 is 32.8. The van der Waals surface area contributed by atoms with Crippen molar-refractivity contribution in [3.05, 3.63) is 52.2 Å². The van der Waals surface area contributed by atoms with Crippen LogP contribution in [0.5, 0.6) is 0 Å². The van der Waals surface area contributed by atoms with E-state index in [9.17, 15) is 18.0 Å². The first-order valence-electron chi connectivity index (χ1n) is 9.16. The Hall–Kier alpha value is -2.27. The number of thiophene rings is 1. The van der Waals surface area contributed by atoms with Gasteiger partial charge in [0.2, 0.25) is 10.0 Å². The van der Waals surface area contributed by atoms with Crippen LogP contribution in [-0.2, 0) is 30.9 Å². The Bertz CT molecular complexity index is 943. The molecule has 0 unspecified atom stereocenters.